The SMILES string of the molecule is CC(=O)c1c(C)n(-c2ccc(C)cc2)c2cc(Br)c(OCC(=O)NN)cc12. The summed E-state index contributed by atoms with van der Waals surface area (Å²) >= 11 is 3.49. The number of nitrogens with two attached hydrogens (primary N) is 1. The average molecular weight is 430 g/mol. The number of ketones is 1. The van der Waals surface area contributed by atoms with Crippen molar-refractivity contribution in [3.63, 3.8) is 0 Å². The molecule has 27 heavy (non-hydrogen) atoms. The van der Waals surface area contributed by atoms with Gasteiger partial charge in [-0.2, -0.15) is 0 Å². The van der Waals surface area contributed by atoms with Gasteiger partial charge in [-0.05, 0) is 61.0 Å². The zero-order valence-electron chi connectivity index (χ0n) is 15.3. The number of rotatable bonds is 5. The second-order valence-electron chi connectivity index (χ2n) is 6.34. The molecule has 0 bridgehead atoms. The van der Waals surface area contributed by atoms with Gasteiger partial charge in [-0.15, -0.1) is 0 Å². The van der Waals surface area contributed by atoms with Crippen molar-refractivity contribution >= 4 is 38.5 Å². The molecule has 0 atom stereocenters. The number of carbonyl (C=O) groups is 2. The molecule has 3 aromatic rings. The molecule has 140 valence electrons. The number of Topliss-reactive ketones (excluding diaryl/α,β-unsaturated/α-hetero) is 1. The van der Waals surface area contributed by atoms with Crippen molar-refractivity contribution in [1.82, 2.24) is 9.99 Å². The number of hydrazine groups is 1. The van der Waals surface area contributed by atoms with Crippen LogP contribution in [0.15, 0.2) is 40.9 Å². The van der Waals surface area contributed by atoms with Gasteiger partial charge in [-0.1, -0.05) is 17.7 Å². The third kappa shape index (κ3) is 3.61. The summed E-state index contributed by atoms with van der Waals surface area (Å²) in [4.78, 5) is 23.7. The Morgan fingerprint density at radius 3 is 2.44 bits per heavy atom. The Morgan fingerprint density at radius 2 is 1.85 bits per heavy atom. The second-order valence-corrected chi connectivity index (χ2v) is 7.20. The van der Waals surface area contributed by atoms with Crippen LogP contribution in [-0.4, -0.2) is 22.9 Å². The number of halogens is 1. The van der Waals surface area contributed by atoms with E-state index in [4.69, 9.17) is 10.6 Å². The van der Waals surface area contributed by atoms with Crippen molar-refractivity contribution in [1.29, 1.82) is 0 Å². The van der Waals surface area contributed by atoms with Gasteiger partial charge >= 0.3 is 0 Å². The van der Waals surface area contributed by atoms with Crippen molar-refractivity contribution in [2.45, 2.75) is 20.8 Å². The largest absolute Gasteiger partial charge is 0.483 e. The lowest BCUT2D eigenvalue weighted by Gasteiger charge is -2.11. The molecule has 2 aromatic carbocycles. The van der Waals surface area contributed by atoms with Crippen molar-refractivity contribution in [3.8, 4) is 11.4 Å². The fourth-order valence-corrected chi connectivity index (χ4v) is 3.63. The number of benzene rings is 2. The summed E-state index contributed by atoms with van der Waals surface area (Å²) in [7, 11) is 0. The van der Waals surface area contributed by atoms with Crippen LogP contribution >= 0.6 is 15.9 Å². The van der Waals surface area contributed by atoms with E-state index in [-0.39, 0.29) is 12.4 Å². The lowest BCUT2D eigenvalue weighted by molar-refractivity contribution is -0.123. The number of nitrogens with zero attached hydrogens (tertiary/aromatic N) is 1. The van der Waals surface area contributed by atoms with E-state index < -0.39 is 5.91 Å². The molecule has 1 heterocycles. The first-order valence-corrected chi connectivity index (χ1v) is 9.17. The molecule has 0 aliphatic rings. The van der Waals surface area contributed by atoms with E-state index in [0.29, 0.717) is 15.8 Å². The Labute approximate surface area is 165 Å². The third-order valence-electron chi connectivity index (χ3n) is 4.42. The molecule has 3 N–H and O–H groups in total. The summed E-state index contributed by atoms with van der Waals surface area (Å²) in [5, 5.41) is 0.770. The Hall–Kier alpha value is -2.64. The number of nitrogens with one attached hydrogen (secondary N) is 1. The standard InChI is InChI=1S/C20H20BrN3O3/c1-11-4-6-14(7-5-11)24-12(2)20(13(3)25)15-8-18(16(21)9-17(15)24)27-10-19(26)23-22/h4-9H,10,22H2,1-3H3,(H,23,26). The molecule has 1 aromatic heterocycles. The monoisotopic (exact) mass is 429 g/mol. The first-order chi connectivity index (χ1) is 12.8. The van der Waals surface area contributed by atoms with Gasteiger partial charge < -0.3 is 9.30 Å². The van der Waals surface area contributed by atoms with Gasteiger partial charge in [-0.25, -0.2) is 5.84 Å². The maximum absolute atomic E-state index is 12.3. The lowest BCUT2D eigenvalue weighted by atomic mass is 10.1. The summed E-state index contributed by atoms with van der Waals surface area (Å²) in [5.74, 6) is 5.08. The van der Waals surface area contributed by atoms with Crippen LogP contribution in [-0.2, 0) is 4.79 Å². The van der Waals surface area contributed by atoms with Gasteiger partial charge in [0.1, 0.15) is 5.75 Å². The predicted octanol–water partition coefficient (Wildman–Crippen LogP) is 3.58. The van der Waals surface area contributed by atoms with Gasteiger partial charge in [0.25, 0.3) is 5.91 Å². The molecule has 0 spiro atoms. The second kappa shape index (κ2) is 7.54. The number of fused-ring (bicyclic) bond motifs is 1. The minimum atomic E-state index is -0.442. The summed E-state index contributed by atoms with van der Waals surface area (Å²) in [6.07, 6.45) is 0. The summed E-state index contributed by atoms with van der Waals surface area (Å²) in [5.41, 5.74) is 6.52. The molecule has 0 saturated carbocycles. The molecule has 0 saturated heterocycles. The van der Waals surface area contributed by atoms with E-state index in [2.05, 4.69) is 15.9 Å². The van der Waals surface area contributed by atoms with E-state index in [1.165, 1.54) is 0 Å². The van der Waals surface area contributed by atoms with Crippen LogP contribution < -0.4 is 16.0 Å². The topological polar surface area (TPSA) is 86.3 Å². The van der Waals surface area contributed by atoms with Crippen LogP contribution in [0.3, 0.4) is 0 Å². The molecular weight excluding hydrogens is 410 g/mol. The average Bonchev–Trinajstić information content (AvgIpc) is 2.91. The van der Waals surface area contributed by atoms with E-state index in [1.807, 2.05) is 54.2 Å². The van der Waals surface area contributed by atoms with E-state index in [9.17, 15) is 9.59 Å². The third-order valence-corrected chi connectivity index (χ3v) is 5.04. The maximum Gasteiger partial charge on any atom is 0.271 e. The smallest absolute Gasteiger partial charge is 0.271 e. The molecule has 0 aliphatic carbocycles. The quantitative estimate of drug-likeness (QED) is 0.281. The highest BCUT2D eigenvalue weighted by atomic mass is 79.9. The van der Waals surface area contributed by atoms with Crippen molar-refractivity contribution in [3.05, 3.63) is 57.7 Å². The van der Waals surface area contributed by atoms with Crippen LogP contribution in [0, 0.1) is 13.8 Å². The Balaban J connectivity index is 2.21. The van der Waals surface area contributed by atoms with E-state index in [1.54, 1.807) is 13.0 Å². The number of hydrogen-bond acceptors (Lipinski definition) is 4. The summed E-state index contributed by atoms with van der Waals surface area (Å²) in [6, 6.07) is 11.8. The normalized spacial score (nSPS) is 10.9. The molecule has 0 aliphatic heterocycles. The van der Waals surface area contributed by atoms with Crippen LogP contribution in [0.2, 0.25) is 0 Å². The minimum Gasteiger partial charge on any atom is -0.483 e. The fraction of sp³-hybridized carbons (Fsp3) is 0.200. The predicted molar refractivity (Wildman–Crippen MR) is 108 cm³/mol. The Morgan fingerprint density at radius 1 is 1.19 bits per heavy atom. The summed E-state index contributed by atoms with van der Waals surface area (Å²) in [6.45, 7) is 5.29. The summed E-state index contributed by atoms with van der Waals surface area (Å²) < 4.78 is 8.27. The highest BCUT2D eigenvalue weighted by Gasteiger charge is 2.20. The molecule has 0 radical (unpaired) electrons. The number of hydrogen-bond donors (Lipinski definition) is 2. The fourth-order valence-electron chi connectivity index (χ4n) is 3.18. The minimum absolute atomic E-state index is 0.0312. The number of ether oxygens (including phenoxy) is 1. The Kier molecular flexibility index (Phi) is 5.34. The van der Waals surface area contributed by atoms with E-state index >= 15 is 0 Å². The first-order valence-electron chi connectivity index (χ1n) is 8.38. The molecule has 6 nitrogen and oxygen atoms in total. The van der Waals surface area contributed by atoms with Gasteiger partial charge in [0.15, 0.2) is 12.4 Å². The number of carbonyl (C=O) groups excluding carboxylic acids is 2. The molecule has 7 heteroatoms. The molecule has 0 fully saturated rings. The highest BCUT2D eigenvalue weighted by molar-refractivity contribution is 9.10. The van der Waals surface area contributed by atoms with Gasteiger partial charge in [0.2, 0.25) is 0 Å². The van der Waals surface area contributed by atoms with Crippen molar-refractivity contribution < 1.29 is 14.3 Å². The molecule has 0 unspecified atom stereocenters. The zero-order chi connectivity index (χ0) is 19.7. The number of aromatic nitrogens is 1. The van der Waals surface area contributed by atoms with Gasteiger partial charge in [0, 0.05) is 22.3 Å². The van der Waals surface area contributed by atoms with Crippen molar-refractivity contribution in [2.24, 2.45) is 5.84 Å². The van der Waals surface area contributed by atoms with Gasteiger partial charge in [0.05, 0.1) is 9.99 Å². The lowest BCUT2D eigenvalue weighted by Crippen LogP contribution is -2.34. The van der Waals surface area contributed by atoms with Gasteiger partial charge in [-0.3, -0.25) is 15.0 Å². The van der Waals surface area contributed by atoms with Crippen LogP contribution in [0.4, 0.5) is 0 Å². The van der Waals surface area contributed by atoms with Crippen LogP contribution in [0.1, 0.15) is 28.5 Å². The molecule has 1 amide bonds. The number of aryl methyl sites for hydroxylation is 1. The number of amides is 1. The Bertz CT molecular complexity index is 1040. The molecule has 3 rings (SSSR count). The van der Waals surface area contributed by atoms with Crippen LogP contribution in [0.5, 0.6) is 5.75 Å². The van der Waals surface area contributed by atoms with Crippen molar-refractivity contribution in [2.75, 3.05) is 6.61 Å². The zero-order valence-corrected chi connectivity index (χ0v) is 16.9. The molecular formula is C20H20BrN3O3. The maximum atomic E-state index is 12.3. The highest BCUT2D eigenvalue weighted by Crippen LogP contribution is 2.37. The van der Waals surface area contributed by atoms with E-state index in [0.717, 1.165) is 27.8 Å². The first kappa shape index (κ1) is 19.1. The van der Waals surface area contributed by atoms with Crippen LogP contribution in [0.25, 0.3) is 16.6 Å².